The van der Waals surface area contributed by atoms with E-state index < -0.39 is 110 Å². The lowest BCUT2D eigenvalue weighted by Crippen LogP contribution is -2.74. The van der Waals surface area contributed by atoms with E-state index in [0.717, 1.165) is 91.7 Å². The summed E-state index contributed by atoms with van der Waals surface area (Å²) in [5.41, 5.74) is -1.80. The minimum absolute atomic E-state index is 0.126. The molecule has 0 spiro atoms. The lowest BCUT2D eigenvalue weighted by molar-refractivity contribution is -0.366. The average Bonchev–Trinajstić information content (AvgIpc) is 0.811. The molecule has 0 bridgehead atoms. The molecule has 0 aromatic heterocycles. The Hall–Kier alpha value is -6.33. The summed E-state index contributed by atoms with van der Waals surface area (Å²) in [5, 5.41) is 11.9. The molecule has 8 rings (SSSR count). The number of halogens is 6. The van der Waals surface area contributed by atoms with E-state index in [-0.39, 0.29) is 36.9 Å². The van der Waals surface area contributed by atoms with Crippen molar-refractivity contribution in [2.75, 3.05) is 23.8 Å². The topological polar surface area (TPSA) is 164 Å². The predicted octanol–water partition coefficient (Wildman–Crippen LogP) is 12.8. The van der Waals surface area contributed by atoms with Crippen molar-refractivity contribution in [1.82, 2.24) is 10.6 Å². The average molecular weight is 1190 g/mol. The van der Waals surface area contributed by atoms with Gasteiger partial charge in [-0.1, -0.05) is 183 Å². The number of carbonyl (C=O) groups is 3. The van der Waals surface area contributed by atoms with Crippen molar-refractivity contribution < 1.29 is 73.6 Å². The molecular formula is C63H76F6N4O10Si. The number of rotatable bonds is 22. The number of amides is 4. The molecule has 4 amide bonds. The van der Waals surface area contributed by atoms with Gasteiger partial charge in [0.05, 0.1) is 42.5 Å². The van der Waals surface area contributed by atoms with Crippen LogP contribution in [0.1, 0.15) is 122 Å². The van der Waals surface area contributed by atoms with Crippen LogP contribution in [0.3, 0.4) is 0 Å². The number of hydrogen-bond acceptors (Lipinski definition) is 10. The minimum Gasteiger partial charge on any atom is -0.438 e. The van der Waals surface area contributed by atoms with Crippen LogP contribution in [-0.4, -0.2) is 94.6 Å². The molecule has 3 saturated heterocycles. The summed E-state index contributed by atoms with van der Waals surface area (Å²) in [6, 6.07) is 33.3. The summed E-state index contributed by atoms with van der Waals surface area (Å²) in [6.45, 7) is 9.77. The fraction of sp³-hybridized carbons (Fsp3) is 0.476. The molecule has 3 heterocycles. The number of benzene rings is 5. The zero-order chi connectivity index (χ0) is 60.1. The first-order valence-corrected chi connectivity index (χ1v) is 30.8. The monoisotopic (exact) mass is 1190 g/mol. The summed E-state index contributed by atoms with van der Waals surface area (Å²) in [5.74, 6) is -0.345. The Labute approximate surface area is 488 Å². The Morgan fingerprint density at radius 3 is 1.73 bits per heavy atom. The molecule has 5 aromatic rings. The van der Waals surface area contributed by atoms with Gasteiger partial charge in [-0.15, -0.1) is 0 Å². The molecule has 0 aliphatic carbocycles. The van der Waals surface area contributed by atoms with Crippen molar-refractivity contribution in [3.8, 4) is 0 Å². The normalized spacial score (nSPS) is 23.8. The zero-order valence-corrected chi connectivity index (χ0v) is 48.9. The number of nitrogens with one attached hydrogen (secondary N) is 4. The maximum absolute atomic E-state index is 14.7. The minimum atomic E-state index is -4.76. The maximum Gasteiger partial charge on any atom is 0.416 e. The molecule has 3 aliphatic heterocycles. The molecule has 454 valence electrons. The van der Waals surface area contributed by atoms with E-state index in [9.17, 15) is 40.7 Å². The molecule has 4 N–H and O–H groups in total. The highest BCUT2D eigenvalue weighted by Gasteiger charge is 2.60. The number of anilines is 2. The molecule has 3 aliphatic rings. The molecule has 3 fully saturated rings. The van der Waals surface area contributed by atoms with E-state index in [1.54, 1.807) is 0 Å². The van der Waals surface area contributed by atoms with Crippen molar-refractivity contribution in [2.45, 2.75) is 178 Å². The van der Waals surface area contributed by atoms with Gasteiger partial charge in [-0.3, -0.25) is 10.1 Å². The van der Waals surface area contributed by atoms with Gasteiger partial charge in [-0.25, -0.2) is 9.59 Å². The molecule has 14 nitrogen and oxygen atoms in total. The van der Waals surface area contributed by atoms with Crippen LogP contribution >= 0.6 is 0 Å². The van der Waals surface area contributed by atoms with Crippen molar-refractivity contribution in [3.05, 3.63) is 156 Å². The Balaban J connectivity index is 1.24. The van der Waals surface area contributed by atoms with Crippen LogP contribution in [0.15, 0.2) is 140 Å². The van der Waals surface area contributed by atoms with Crippen LogP contribution in [0.5, 0.6) is 0 Å². The molecule has 5 unspecified atom stereocenters. The number of fused-ring (bicyclic) bond motifs is 1. The van der Waals surface area contributed by atoms with E-state index in [1.807, 2.05) is 119 Å². The number of alkyl halides is 6. The van der Waals surface area contributed by atoms with Gasteiger partial charge in [0.15, 0.2) is 18.7 Å². The Kier molecular flexibility index (Phi) is 21.8. The van der Waals surface area contributed by atoms with Gasteiger partial charge >= 0.3 is 24.5 Å². The van der Waals surface area contributed by atoms with Gasteiger partial charge in [0.25, 0.3) is 8.32 Å². The highest BCUT2D eigenvalue weighted by atomic mass is 28.4. The summed E-state index contributed by atoms with van der Waals surface area (Å²) in [7, 11) is -3.74. The predicted molar refractivity (Wildman–Crippen MR) is 308 cm³/mol. The van der Waals surface area contributed by atoms with Crippen molar-refractivity contribution in [2.24, 2.45) is 0 Å². The standard InChI is InChI=1S/C63H76F6N4O10Si/c1-6-8-9-10-11-12-13-23-36-51(74)73-52-49(7-2)77-39-48(72-59(75)70-44-30-24-28-42(37-44)62(64,65)66)53(52)80-58-56(82-60(76)71-45-31-25-29-43(38-45)63(67,68)69)55(54-50(79-58)40-78-57(81-54)41-26-17-14-18-27-41)83-84(61(3,4)5,46-32-19-15-20-33-46)47-34-21-16-22-35-47/h14-22,24-35,37-38,48-50,52-58H,6-13,23,36,39-40H2,1-5H3,(H,71,76)(H,73,74)(H2,70,72,75)/t48?,49?,50?,52-,53+,54-,55-,56?,57?,58+/m0/s1. The number of hydrogen-bond donors (Lipinski definition) is 4. The first-order chi connectivity index (χ1) is 40.2. The molecule has 5 aromatic carbocycles. The summed E-state index contributed by atoms with van der Waals surface area (Å²) in [6.07, 6.45) is -12.3. The van der Waals surface area contributed by atoms with E-state index in [1.165, 1.54) is 12.1 Å². The largest absolute Gasteiger partial charge is 0.438 e. The second-order valence-electron chi connectivity index (χ2n) is 22.5. The highest BCUT2D eigenvalue weighted by molar-refractivity contribution is 6.99. The third-order valence-corrected chi connectivity index (χ3v) is 20.5. The van der Waals surface area contributed by atoms with Gasteiger partial charge in [0, 0.05) is 23.4 Å². The van der Waals surface area contributed by atoms with E-state index in [4.69, 9.17) is 32.8 Å². The summed E-state index contributed by atoms with van der Waals surface area (Å²) in [4.78, 5) is 43.0. The van der Waals surface area contributed by atoms with Crippen LogP contribution in [0.4, 0.5) is 47.3 Å². The number of unbranched alkanes of at least 4 members (excludes halogenated alkanes) is 7. The number of carbonyl (C=O) groups excluding carboxylic acids is 3. The fourth-order valence-corrected chi connectivity index (χ4v) is 16.0. The first kappa shape index (κ1) is 63.7. The van der Waals surface area contributed by atoms with Gasteiger partial charge in [-0.05, 0) is 64.7 Å². The van der Waals surface area contributed by atoms with Gasteiger partial charge in [-0.2, -0.15) is 26.3 Å². The quantitative estimate of drug-likeness (QED) is 0.0298. The van der Waals surface area contributed by atoms with Gasteiger partial charge in [0.1, 0.15) is 24.4 Å². The van der Waals surface area contributed by atoms with Crippen LogP contribution in [0.25, 0.3) is 0 Å². The van der Waals surface area contributed by atoms with E-state index in [2.05, 4.69) is 28.2 Å². The Morgan fingerprint density at radius 2 is 1.17 bits per heavy atom. The first-order valence-electron chi connectivity index (χ1n) is 28.9. The van der Waals surface area contributed by atoms with E-state index in [0.29, 0.717) is 18.4 Å². The van der Waals surface area contributed by atoms with Crippen molar-refractivity contribution in [1.29, 1.82) is 0 Å². The maximum atomic E-state index is 14.7. The van der Waals surface area contributed by atoms with Gasteiger partial charge < -0.3 is 48.8 Å². The van der Waals surface area contributed by atoms with Gasteiger partial charge in [0.2, 0.25) is 5.91 Å². The molecule has 0 radical (unpaired) electrons. The second kappa shape index (κ2) is 28.7. The second-order valence-corrected chi connectivity index (χ2v) is 26.8. The van der Waals surface area contributed by atoms with E-state index >= 15 is 0 Å². The lowest BCUT2D eigenvalue weighted by Gasteiger charge is -2.54. The van der Waals surface area contributed by atoms with Crippen LogP contribution < -0.4 is 31.6 Å². The molecule has 21 heteroatoms. The third-order valence-electron chi connectivity index (χ3n) is 15.4. The SMILES string of the molecule is CCCCCCCCCCC(=O)N[C@H]1C(CC)OCC(NC(=O)Nc2cccc(C(F)(F)F)c2)[C@H]1O[C@H]1OC2COC(c3ccccc3)O[C@@H]2[C@H](O[Si](c2ccccc2)(c2ccccc2)C(C)(C)C)C1OC(=O)Nc1cccc(C(F)(F)F)c1. The number of ether oxygens (including phenoxy) is 6. The van der Waals surface area contributed by atoms with Crippen molar-refractivity contribution in [3.63, 3.8) is 0 Å². The molecule has 10 atom stereocenters. The Morgan fingerprint density at radius 1 is 0.607 bits per heavy atom. The number of urea groups is 1. The molecular weight excluding hydrogens is 1110 g/mol. The van der Waals surface area contributed by atoms with Crippen molar-refractivity contribution >= 4 is 48.1 Å². The summed E-state index contributed by atoms with van der Waals surface area (Å²) < 4.78 is 132. The highest BCUT2D eigenvalue weighted by Crippen LogP contribution is 2.44. The Bertz CT molecular complexity index is 2870. The zero-order valence-electron chi connectivity index (χ0n) is 47.9. The molecule has 84 heavy (non-hydrogen) atoms. The lowest BCUT2D eigenvalue weighted by atomic mass is 9.92. The van der Waals surface area contributed by atoms with Crippen LogP contribution in [-0.2, 0) is 50.0 Å². The third kappa shape index (κ3) is 16.1. The molecule has 0 saturated carbocycles. The summed E-state index contributed by atoms with van der Waals surface area (Å²) >= 11 is 0. The van der Waals surface area contributed by atoms with Crippen LogP contribution in [0.2, 0.25) is 5.04 Å². The fourth-order valence-electron chi connectivity index (χ4n) is 11.3. The smallest absolute Gasteiger partial charge is 0.416 e. The van der Waals surface area contributed by atoms with Crippen LogP contribution in [0, 0.1) is 0 Å².